The van der Waals surface area contributed by atoms with E-state index in [2.05, 4.69) is 11.8 Å². The van der Waals surface area contributed by atoms with E-state index in [0.717, 1.165) is 31.0 Å². The molecule has 0 aliphatic carbocycles. The highest BCUT2D eigenvalue weighted by atomic mass is 32.2. The van der Waals surface area contributed by atoms with Gasteiger partial charge in [0.1, 0.15) is 0 Å². The van der Waals surface area contributed by atoms with E-state index in [4.69, 9.17) is 4.74 Å². The fourth-order valence-electron chi connectivity index (χ4n) is 2.30. The first kappa shape index (κ1) is 14.8. The number of carbonyl (C=O) groups excluding carboxylic acids is 1. The summed E-state index contributed by atoms with van der Waals surface area (Å²) in [6, 6.07) is 0.399. The van der Waals surface area contributed by atoms with Crippen molar-refractivity contribution in [1.29, 1.82) is 0 Å². The van der Waals surface area contributed by atoms with Crippen molar-refractivity contribution in [2.45, 2.75) is 45.6 Å². The second-order valence-corrected chi connectivity index (χ2v) is 5.79. The standard InChI is InChI=1S/C13H25NO2S/c1-3-16-13(15)11-12(7-10-17-4-2)14-8-5-6-9-14/h12H,3-11H2,1-2H3. The number of hydrogen-bond donors (Lipinski definition) is 0. The van der Waals surface area contributed by atoms with Crippen molar-refractivity contribution in [2.75, 3.05) is 31.2 Å². The fraction of sp³-hybridized carbons (Fsp3) is 0.923. The largest absolute Gasteiger partial charge is 0.466 e. The van der Waals surface area contributed by atoms with Crippen LogP contribution in [0.4, 0.5) is 0 Å². The molecule has 1 aliphatic heterocycles. The van der Waals surface area contributed by atoms with Gasteiger partial charge < -0.3 is 4.74 Å². The zero-order valence-corrected chi connectivity index (χ0v) is 11.9. The number of likely N-dealkylation sites (tertiary alicyclic amines) is 1. The Morgan fingerprint density at radius 2 is 2.06 bits per heavy atom. The Hall–Kier alpha value is -0.220. The molecule has 0 bridgehead atoms. The van der Waals surface area contributed by atoms with Crippen molar-refractivity contribution in [1.82, 2.24) is 4.90 Å². The van der Waals surface area contributed by atoms with Crippen LogP contribution >= 0.6 is 11.8 Å². The molecule has 0 spiro atoms. The normalized spacial score (nSPS) is 18.2. The van der Waals surface area contributed by atoms with Gasteiger partial charge >= 0.3 is 5.97 Å². The molecule has 1 unspecified atom stereocenters. The lowest BCUT2D eigenvalue weighted by molar-refractivity contribution is -0.144. The Morgan fingerprint density at radius 1 is 1.35 bits per heavy atom. The second kappa shape index (κ2) is 8.81. The quantitative estimate of drug-likeness (QED) is 0.495. The van der Waals surface area contributed by atoms with Gasteiger partial charge in [0.2, 0.25) is 0 Å². The summed E-state index contributed by atoms with van der Waals surface area (Å²) in [6.07, 6.45) is 4.23. The maximum Gasteiger partial charge on any atom is 0.307 e. The van der Waals surface area contributed by atoms with Crippen LogP contribution < -0.4 is 0 Å². The Bertz CT molecular complexity index is 217. The molecular formula is C13H25NO2S. The van der Waals surface area contributed by atoms with Crippen LogP contribution in [0.5, 0.6) is 0 Å². The number of ether oxygens (including phenoxy) is 1. The molecule has 0 aromatic carbocycles. The van der Waals surface area contributed by atoms with Crippen molar-refractivity contribution in [2.24, 2.45) is 0 Å². The molecule has 0 radical (unpaired) electrons. The predicted octanol–water partition coefficient (Wildman–Crippen LogP) is 2.55. The first-order valence-electron chi connectivity index (χ1n) is 6.75. The number of nitrogens with zero attached hydrogens (tertiary/aromatic N) is 1. The molecule has 17 heavy (non-hydrogen) atoms. The molecule has 1 aliphatic rings. The van der Waals surface area contributed by atoms with Crippen LogP contribution in [0.2, 0.25) is 0 Å². The summed E-state index contributed by atoms with van der Waals surface area (Å²) >= 11 is 1.96. The molecule has 0 N–H and O–H groups in total. The highest BCUT2D eigenvalue weighted by Gasteiger charge is 2.24. The van der Waals surface area contributed by atoms with Gasteiger partial charge in [-0.2, -0.15) is 11.8 Å². The smallest absolute Gasteiger partial charge is 0.307 e. The summed E-state index contributed by atoms with van der Waals surface area (Å²) in [6.45, 7) is 6.85. The molecule has 4 heteroatoms. The number of esters is 1. The minimum Gasteiger partial charge on any atom is -0.466 e. The van der Waals surface area contributed by atoms with Crippen molar-refractivity contribution in [3.8, 4) is 0 Å². The second-order valence-electron chi connectivity index (χ2n) is 4.39. The topological polar surface area (TPSA) is 29.5 Å². The highest BCUT2D eigenvalue weighted by molar-refractivity contribution is 7.99. The minimum absolute atomic E-state index is 0.0362. The van der Waals surface area contributed by atoms with Gasteiger partial charge in [0.15, 0.2) is 0 Å². The van der Waals surface area contributed by atoms with Gasteiger partial charge in [0, 0.05) is 6.04 Å². The van der Waals surface area contributed by atoms with Crippen molar-refractivity contribution < 1.29 is 9.53 Å². The van der Waals surface area contributed by atoms with Gasteiger partial charge in [0.25, 0.3) is 0 Å². The molecule has 0 aromatic heterocycles. The molecule has 1 heterocycles. The zero-order chi connectivity index (χ0) is 12.5. The number of hydrogen-bond acceptors (Lipinski definition) is 4. The molecule has 100 valence electrons. The minimum atomic E-state index is -0.0362. The van der Waals surface area contributed by atoms with Crippen LogP contribution in [0, 0.1) is 0 Å². The third-order valence-electron chi connectivity index (χ3n) is 3.16. The molecule has 1 fully saturated rings. The van der Waals surface area contributed by atoms with E-state index < -0.39 is 0 Å². The number of carbonyl (C=O) groups is 1. The Balaban J connectivity index is 2.37. The monoisotopic (exact) mass is 259 g/mol. The molecule has 0 aromatic rings. The number of rotatable bonds is 8. The zero-order valence-electron chi connectivity index (χ0n) is 11.1. The maximum absolute atomic E-state index is 11.6. The third-order valence-corrected chi connectivity index (χ3v) is 4.10. The van der Waals surface area contributed by atoms with Crippen LogP contribution in [0.1, 0.15) is 39.5 Å². The van der Waals surface area contributed by atoms with Crippen LogP contribution in [-0.4, -0.2) is 48.1 Å². The van der Waals surface area contributed by atoms with Crippen LogP contribution in [0.25, 0.3) is 0 Å². The Kier molecular flexibility index (Phi) is 7.69. The predicted molar refractivity (Wildman–Crippen MR) is 73.5 cm³/mol. The molecule has 3 nitrogen and oxygen atoms in total. The van der Waals surface area contributed by atoms with Crippen LogP contribution in [0.15, 0.2) is 0 Å². The van der Waals surface area contributed by atoms with E-state index in [9.17, 15) is 4.79 Å². The van der Waals surface area contributed by atoms with Crippen molar-refractivity contribution in [3.05, 3.63) is 0 Å². The van der Waals surface area contributed by atoms with Gasteiger partial charge in [-0.1, -0.05) is 6.92 Å². The van der Waals surface area contributed by atoms with Gasteiger partial charge in [-0.3, -0.25) is 9.69 Å². The Labute approximate surface area is 109 Å². The van der Waals surface area contributed by atoms with E-state index in [1.165, 1.54) is 12.8 Å². The van der Waals surface area contributed by atoms with E-state index >= 15 is 0 Å². The summed E-state index contributed by atoms with van der Waals surface area (Å²) in [5, 5.41) is 0. The van der Waals surface area contributed by atoms with Gasteiger partial charge in [0.05, 0.1) is 13.0 Å². The van der Waals surface area contributed by atoms with E-state index in [-0.39, 0.29) is 5.97 Å². The van der Waals surface area contributed by atoms with E-state index in [1.54, 1.807) is 0 Å². The molecule has 0 saturated carbocycles. The summed E-state index contributed by atoms with van der Waals surface area (Å²) in [5.74, 6) is 2.27. The molecule has 0 amide bonds. The third kappa shape index (κ3) is 5.77. The molecule has 1 atom stereocenters. The summed E-state index contributed by atoms with van der Waals surface area (Å²) in [7, 11) is 0. The van der Waals surface area contributed by atoms with Crippen LogP contribution in [0.3, 0.4) is 0 Å². The average molecular weight is 259 g/mol. The van der Waals surface area contributed by atoms with Crippen LogP contribution in [-0.2, 0) is 9.53 Å². The lowest BCUT2D eigenvalue weighted by atomic mass is 10.1. The fourth-order valence-corrected chi connectivity index (χ4v) is 3.02. The van der Waals surface area contributed by atoms with Crippen molar-refractivity contribution >= 4 is 17.7 Å². The first-order chi connectivity index (χ1) is 8.27. The summed E-state index contributed by atoms with van der Waals surface area (Å²) < 4.78 is 5.07. The van der Waals surface area contributed by atoms with E-state index in [0.29, 0.717) is 19.1 Å². The van der Waals surface area contributed by atoms with Gasteiger partial charge in [-0.15, -0.1) is 0 Å². The van der Waals surface area contributed by atoms with E-state index in [1.807, 2.05) is 18.7 Å². The maximum atomic E-state index is 11.6. The molecule has 1 saturated heterocycles. The lowest BCUT2D eigenvalue weighted by Gasteiger charge is -2.26. The van der Waals surface area contributed by atoms with Gasteiger partial charge in [-0.05, 0) is 50.8 Å². The average Bonchev–Trinajstić information content (AvgIpc) is 2.81. The SMILES string of the molecule is CCOC(=O)CC(CCSCC)N1CCCC1. The number of thioether (sulfide) groups is 1. The molecular weight excluding hydrogens is 234 g/mol. The highest BCUT2D eigenvalue weighted by Crippen LogP contribution is 2.19. The summed E-state index contributed by atoms with van der Waals surface area (Å²) in [4.78, 5) is 14.1. The van der Waals surface area contributed by atoms with Gasteiger partial charge in [-0.25, -0.2) is 0 Å². The lowest BCUT2D eigenvalue weighted by Crippen LogP contribution is -2.35. The first-order valence-corrected chi connectivity index (χ1v) is 7.90. The molecule has 1 rings (SSSR count). The Morgan fingerprint density at radius 3 is 2.65 bits per heavy atom. The van der Waals surface area contributed by atoms with Crippen molar-refractivity contribution in [3.63, 3.8) is 0 Å². The summed E-state index contributed by atoms with van der Waals surface area (Å²) in [5.41, 5.74) is 0.